The van der Waals surface area contributed by atoms with Gasteiger partial charge < -0.3 is 19.9 Å². The summed E-state index contributed by atoms with van der Waals surface area (Å²) in [7, 11) is 0. The Kier molecular flexibility index (Phi) is 11.8. The second-order valence-electron chi connectivity index (χ2n) is 11.0. The number of rotatable bonds is 13. The summed E-state index contributed by atoms with van der Waals surface area (Å²) in [5.74, 6) is 0.132. The van der Waals surface area contributed by atoms with Crippen LogP contribution in [0.2, 0.25) is 0 Å². The third-order valence-electron chi connectivity index (χ3n) is 7.64. The zero-order valence-corrected chi connectivity index (χ0v) is 25.7. The fourth-order valence-electron chi connectivity index (χ4n) is 5.21. The topological polar surface area (TPSA) is 117 Å². The molecule has 3 unspecified atom stereocenters. The van der Waals surface area contributed by atoms with Crippen molar-refractivity contribution < 1.29 is 29.4 Å². The Balaban J connectivity index is 1.28. The van der Waals surface area contributed by atoms with Gasteiger partial charge in [-0.3, -0.25) is 14.8 Å². The molecule has 3 atom stereocenters. The number of amides is 2. The number of aliphatic hydroxyl groups excluding tert-OH is 1. The van der Waals surface area contributed by atoms with Crippen LogP contribution in [0.15, 0.2) is 108 Å². The maximum absolute atomic E-state index is 12.2. The van der Waals surface area contributed by atoms with Crippen molar-refractivity contribution in [3.05, 3.63) is 125 Å². The van der Waals surface area contributed by atoms with E-state index in [1.54, 1.807) is 17.2 Å². The summed E-state index contributed by atoms with van der Waals surface area (Å²) in [6.07, 6.45) is 0.615. The lowest BCUT2D eigenvalue weighted by atomic mass is 9.99. The average Bonchev–Trinajstić information content (AvgIpc) is 3.10. The molecule has 0 aliphatic carbocycles. The Labute approximate surface area is 267 Å². The molecule has 1 saturated heterocycles. The molecule has 9 heteroatoms. The van der Waals surface area contributed by atoms with Crippen molar-refractivity contribution in [1.82, 2.24) is 10.8 Å². The van der Waals surface area contributed by atoms with E-state index in [1.165, 1.54) is 4.90 Å². The van der Waals surface area contributed by atoms with Gasteiger partial charge >= 0.3 is 0 Å². The van der Waals surface area contributed by atoms with Crippen LogP contribution in [0.4, 0.5) is 0 Å². The van der Waals surface area contributed by atoms with Crippen LogP contribution >= 0.6 is 11.8 Å². The van der Waals surface area contributed by atoms with Crippen LogP contribution in [0.3, 0.4) is 0 Å². The van der Waals surface area contributed by atoms with Crippen LogP contribution in [-0.4, -0.2) is 34.0 Å². The quantitative estimate of drug-likeness (QED) is 0.0763. The molecule has 1 aliphatic heterocycles. The van der Waals surface area contributed by atoms with Gasteiger partial charge in [-0.15, -0.1) is 11.8 Å². The zero-order valence-electron chi connectivity index (χ0n) is 24.9. The molecule has 1 fully saturated rings. The Morgan fingerprint density at radius 2 is 1.51 bits per heavy atom. The van der Waals surface area contributed by atoms with Crippen LogP contribution < -0.4 is 10.8 Å². The van der Waals surface area contributed by atoms with Gasteiger partial charge in [0.2, 0.25) is 11.8 Å². The van der Waals surface area contributed by atoms with E-state index in [2.05, 4.69) is 23.5 Å². The number of thioether (sulfide) groups is 1. The molecule has 234 valence electrons. The minimum absolute atomic E-state index is 0.000248. The number of ether oxygens (including phenoxy) is 2. The molecule has 0 aromatic heterocycles. The van der Waals surface area contributed by atoms with Gasteiger partial charge in [-0.25, -0.2) is 5.48 Å². The minimum Gasteiger partial charge on any atom is -0.392 e. The molecule has 4 N–H and O–H groups in total. The molecule has 5 rings (SSSR count). The fraction of sp³-hybridized carbons (Fsp3) is 0.278. The number of benzene rings is 4. The van der Waals surface area contributed by atoms with E-state index in [1.807, 2.05) is 84.9 Å². The molecule has 45 heavy (non-hydrogen) atoms. The highest BCUT2D eigenvalue weighted by Crippen LogP contribution is 2.40. The Hall–Kier alpha value is -3.99. The molecular weight excluding hydrogens is 588 g/mol. The van der Waals surface area contributed by atoms with E-state index < -0.39 is 12.2 Å². The molecule has 4 aromatic carbocycles. The van der Waals surface area contributed by atoms with Crippen molar-refractivity contribution in [2.75, 3.05) is 5.75 Å². The van der Waals surface area contributed by atoms with Gasteiger partial charge in [0.05, 0.1) is 18.8 Å². The summed E-state index contributed by atoms with van der Waals surface area (Å²) in [6.45, 7) is 0.366. The first kappa shape index (κ1) is 32.4. The molecule has 8 nitrogen and oxygen atoms in total. The first-order chi connectivity index (χ1) is 22.0. The molecule has 0 spiro atoms. The van der Waals surface area contributed by atoms with Crippen molar-refractivity contribution in [2.45, 2.75) is 62.2 Å². The summed E-state index contributed by atoms with van der Waals surface area (Å²) >= 11 is 1.77. The lowest BCUT2D eigenvalue weighted by Gasteiger charge is -2.36. The molecule has 0 saturated carbocycles. The van der Waals surface area contributed by atoms with E-state index in [4.69, 9.17) is 14.7 Å². The molecule has 4 aromatic rings. The van der Waals surface area contributed by atoms with Crippen LogP contribution in [-0.2, 0) is 32.2 Å². The predicted octanol–water partition coefficient (Wildman–Crippen LogP) is 6.48. The molecule has 0 radical (unpaired) electrons. The molecule has 1 heterocycles. The highest BCUT2D eigenvalue weighted by Gasteiger charge is 2.32. The van der Waals surface area contributed by atoms with Gasteiger partial charge in [0, 0.05) is 42.0 Å². The number of hydrogen-bond donors (Lipinski definition) is 4. The predicted molar refractivity (Wildman–Crippen MR) is 173 cm³/mol. The smallest absolute Gasteiger partial charge is 0.243 e. The Bertz CT molecular complexity index is 1550. The summed E-state index contributed by atoms with van der Waals surface area (Å²) in [5, 5.41) is 21.0. The van der Waals surface area contributed by atoms with Crippen LogP contribution in [0.25, 0.3) is 11.1 Å². The SMILES string of the molecule is O=C(CCCC(=O)NCc1cccc(-c2cccc(C3OC(CSc4ccccc4)CC(c4ccc(CO)cc4)O3)c2)c1)NO. The van der Waals surface area contributed by atoms with Gasteiger partial charge in [-0.2, -0.15) is 0 Å². The number of aliphatic hydroxyl groups is 1. The van der Waals surface area contributed by atoms with E-state index in [0.717, 1.165) is 45.6 Å². The fourth-order valence-corrected chi connectivity index (χ4v) is 6.15. The van der Waals surface area contributed by atoms with E-state index in [0.29, 0.717) is 13.0 Å². The second kappa shape index (κ2) is 16.4. The standard InChI is InChI=1S/C36H38N2O6S/c39-23-25-15-17-27(18-16-25)33-21-31(24-45-32-11-2-1-3-12-32)43-36(44-33)30-10-5-9-29(20-30)28-8-4-7-26(19-28)22-37-34(40)13-6-14-35(41)38-42/h1-5,7-12,15-20,31,33,36,39,42H,6,13-14,21-24H2,(H,37,40)(H,38,41). The third kappa shape index (κ3) is 9.50. The van der Waals surface area contributed by atoms with Gasteiger partial charge in [0.1, 0.15) is 0 Å². The monoisotopic (exact) mass is 626 g/mol. The Morgan fingerprint density at radius 3 is 2.27 bits per heavy atom. The summed E-state index contributed by atoms with van der Waals surface area (Å²) in [6, 6.07) is 34.4. The van der Waals surface area contributed by atoms with Crippen molar-refractivity contribution in [2.24, 2.45) is 0 Å². The summed E-state index contributed by atoms with van der Waals surface area (Å²) in [5.41, 5.74) is 7.38. The lowest BCUT2D eigenvalue weighted by Crippen LogP contribution is -2.31. The minimum atomic E-state index is -0.557. The number of carbonyl (C=O) groups excluding carboxylic acids is 2. The Morgan fingerprint density at radius 1 is 0.778 bits per heavy atom. The first-order valence-corrected chi connectivity index (χ1v) is 16.1. The first-order valence-electron chi connectivity index (χ1n) is 15.1. The lowest BCUT2D eigenvalue weighted by molar-refractivity contribution is -0.245. The summed E-state index contributed by atoms with van der Waals surface area (Å²) < 4.78 is 13.1. The third-order valence-corrected chi connectivity index (χ3v) is 8.78. The average molecular weight is 627 g/mol. The number of carbonyl (C=O) groups is 2. The number of hydroxylamine groups is 1. The van der Waals surface area contributed by atoms with Gasteiger partial charge in [-0.1, -0.05) is 78.9 Å². The van der Waals surface area contributed by atoms with E-state index in [9.17, 15) is 14.7 Å². The number of hydrogen-bond acceptors (Lipinski definition) is 7. The zero-order chi connectivity index (χ0) is 31.4. The van der Waals surface area contributed by atoms with Crippen LogP contribution in [0.5, 0.6) is 0 Å². The maximum atomic E-state index is 12.2. The van der Waals surface area contributed by atoms with Gasteiger partial charge in [0.15, 0.2) is 6.29 Å². The molecule has 2 amide bonds. The van der Waals surface area contributed by atoms with E-state index >= 15 is 0 Å². The van der Waals surface area contributed by atoms with Crippen molar-refractivity contribution in [3.8, 4) is 11.1 Å². The number of nitrogens with one attached hydrogen (secondary N) is 2. The van der Waals surface area contributed by atoms with Crippen LogP contribution in [0.1, 0.15) is 60.3 Å². The largest absolute Gasteiger partial charge is 0.392 e. The highest BCUT2D eigenvalue weighted by atomic mass is 32.2. The highest BCUT2D eigenvalue weighted by molar-refractivity contribution is 7.99. The van der Waals surface area contributed by atoms with Crippen molar-refractivity contribution in [1.29, 1.82) is 0 Å². The van der Waals surface area contributed by atoms with Gasteiger partial charge in [0.25, 0.3) is 0 Å². The molecule has 0 bridgehead atoms. The molecule has 1 aliphatic rings. The molecular formula is C36H38N2O6S. The van der Waals surface area contributed by atoms with Crippen LogP contribution in [0, 0.1) is 0 Å². The second-order valence-corrected chi connectivity index (χ2v) is 12.1. The van der Waals surface area contributed by atoms with Crippen molar-refractivity contribution >= 4 is 23.6 Å². The van der Waals surface area contributed by atoms with Crippen molar-refractivity contribution in [3.63, 3.8) is 0 Å². The van der Waals surface area contributed by atoms with Gasteiger partial charge in [-0.05, 0) is 58.5 Å². The van der Waals surface area contributed by atoms with E-state index in [-0.39, 0.29) is 37.6 Å². The maximum Gasteiger partial charge on any atom is 0.243 e. The normalized spacial score (nSPS) is 17.9. The summed E-state index contributed by atoms with van der Waals surface area (Å²) in [4.78, 5) is 24.6.